The summed E-state index contributed by atoms with van der Waals surface area (Å²) in [6.07, 6.45) is 3.71. The number of nitrogens with one attached hydrogen (secondary N) is 2. The number of aromatic nitrogens is 2. The van der Waals surface area contributed by atoms with Gasteiger partial charge in [0, 0.05) is 35.1 Å². The SMILES string of the molecule is OC1CCc2cccc(Nc3cc(-c4ccc(C(F)(F)F)cc4NCC4CCCCC4)ncn3)c21. The topological polar surface area (TPSA) is 70.1 Å². The summed E-state index contributed by atoms with van der Waals surface area (Å²) in [7, 11) is 0. The first-order valence-electron chi connectivity index (χ1n) is 12.2. The van der Waals surface area contributed by atoms with Crippen LogP contribution in [0.1, 0.15) is 61.3 Å². The van der Waals surface area contributed by atoms with Gasteiger partial charge in [-0.3, -0.25) is 0 Å². The number of alkyl halides is 3. The van der Waals surface area contributed by atoms with Crippen LogP contribution in [0.25, 0.3) is 11.3 Å². The Balaban J connectivity index is 1.44. The quantitative estimate of drug-likeness (QED) is 0.357. The Bertz CT molecular complexity index is 1190. The molecule has 3 aromatic rings. The number of halogens is 3. The van der Waals surface area contributed by atoms with Crippen molar-refractivity contribution in [1.82, 2.24) is 9.97 Å². The van der Waals surface area contributed by atoms with Crippen LogP contribution in [-0.4, -0.2) is 21.6 Å². The van der Waals surface area contributed by atoms with Crippen LogP contribution in [0.5, 0.6) is 0 Å². The van der Waals surface area contributed by atoms with Crippen molar-refractivity contribution in [3.63, 3.8) is 0 Å². The van der Waals surface area contributed by atoms with Crippen LogP contribution in [0.2, 0.25) is 0 Å². The molecule has 1 aromatic heterocycles. The summed E-state index contributed by atoms with van der Waals surface area (Å²) in [6.45, 7) is 0.637. The average molecular weight is 483 g/mol. The number of rotatable bonds is 6. The summed E-state index contributed by atoms with van der Waals surface area (Å²) in [6, 6.07) is 11.3. The lowest BCUT2D eigenvalue weighted by atomic mass is 9.89. The maximum Gasteiger partial charge on any atom is 0.416 e. The van der Waals surface area contributed by atoms with E-state index in [0.717, 1.165) is 42.1 Å². The number of aliphatic hydroxyl groups is 1. The van der Waals surface area contributed by atoms with Gasteiger partial charge >= 0.3 is 6.18 Å². The third kappa shape index (κ3) is 5.27. The summed E-state index contributed by atoms with van der Waals surface area (Å²) in [4.78, 5) is 8.68. The van der Waals surface area contributed by atoms with Crippen LogP contribution in [0.3, 0.4) is 0 Å². The molecule has 0 radical (unpaired) electrons. The zero-order valence-corrected chi connectivity index (χ0v) is 19.4. The molecule has 2 aromatic carbocycles. The normalized spacial score (nSPS) is 18.3. The zero-order valence-electron chi connectivity index (χ0n) is 19.4. The van der Waals surface area contributed by atoms with Crippen molar-refractivity contribution in [3.05, 3.63) is 65.5 Å². The van der Waals surface area contributed by atoms with Crippen molar-refractivity contribution in [1.29, 1.82) is 0 Å². The minimum atomic E-state index is -4.42. The molecule has 0 amide bonds. The van der Waals surface area contributed by atoms with Gasteiger partial charge in [-0.1, -0.05) is 37.5 Å². The lowest BCUT2D eigenvalue weighted by Gasteiger charge is -2.23. The predicted octanol–water partition coefficient (Wildman–Crippen LogP) is 6.88. The summed E-state index contributed by atoms with van der Waals surface area (Å²) in [5.74, 6) is 0.973. The summed E-state index contributed by atoms with van der Waals surface area (Å²) >= 11 is 0. The molecule has 5 rings (SSSR count). The van der Waals surface area contributed by atoms with Gasteiger partial charge in [0.25, 0.3) is 0 Å². The molecule has 3 N–H and O–H groups in total. The highest BCUT2D eigenvalue weighted by molar-refractivity contribution is 5.78. The molecule has 1 atom stereocenters. The molecule has 1 heterocycles. The highest BCUT2D eigenvalue weighted by Gasteiger charge is 2.31. The van der Waals surface area contributed by atoms with Gasteiger partial charge in [0.2, 0.25) is 0 Å². The number of fused-ring (bicyclic) bond motifs is 1. The molecule has 184 valence electrons. The van der Waals surface area contributed by atoms with E-state index in [1.165, 1.54) is 37.7 Å². The van der Waals surface area contributed by atoms with E-state index in [1.54, 1.807) is 6.07 Å². The smallest absolute Gasteiger partial charge is 0.388 e. The van der Waals surface area contributed by atoms with E-state index in [-0.39, 0.29) is 0 Å². The van der Waals surface area contributed by atoms with Crippen LogP contribution in [-0.2, 0) is 12.6 Å². The standard InChI is InChI=1S/C27H29F3N4O/c28-27(29,30)19-10-11-20(22(13-19)31-15-17-5-2-1-3-6-17)23-14-25(33-16-32-23)34-21-8-4-7-18-9-12-24(35)26(18)21/h4,7-8,10-11,13-14,16-17,24,31,35H,1-3,5-6,9,12,15H2,(H,32,33,34). The summed E-state index contributed by atoms with van der Waals surface area (Å²) < 4.78 is 40.4. The second-order valence-electron chi connectivity index (χ2n) is 9.49. The predicted molar refractivity (Wildman–Crippen MR) is 131 cm³/mol. The Morgan fingerprint density at radius 1 is 0.943 bits per heavy atom. The van der Waals surface area contributed by atoms with Crippen molar-refractivity contribution in [2.45, 2.75) is 57.2 Å². The van der Waals surface area contributed by atoms with Crippen LogP contribution >= 0.6 is 0 Å². The van der Waals surface area contributed by atoms with Gasteiger partial charge in [-0.2, -0.15) is 13.2 Å². The van der Waals surface area contributed by atoms with E-state index in [2.05, 4.69) is 20.6 Å². The van der Waals surface area contributed by atoms with Crippen LogP contribution in [0.4, 0.5) is 30.4 Å². The van der Waals surface area contributed by atoms with Crippen LogP contribution in [0.15, 0.2) is 48.8 Å². The number of hydrogen-bond acceptors (Lipinski definition) is 5. The molecule has 2 aliphatic rings. The van der Waals surface area contributed by atoms with Gasteiger partial charge < -0.3 is 15.7 Å². The fourth-order valence-corrected chi connectivity index (χ4v) is 5.22. The summed E-state index contributed by atoms with van der Waals surface area (Å²) in [5.41, 5.74) is 3.61. The molecule has 0 saturated heterocycles. The summed E-state index contributed by atoms with van der Waals surface area (Å²) in [5, 5.41) is 17.0. The Morgan fingerprint density at radius 2 is 1.77 bits per heavy atom. The Morgan fingerprint density at radius 3 is 2.57 bits per heavy atom. The van der Waals surface area contributed by atoms with Crippen molar-refractivity contribution in [2.75, 3.05) is 17.2 Å². The molecule has 1 fully saturated rings. The van der Waals surface area contributed by atoms with E-state index in [0.29, 0.717) is 41.6 Å². The Kier molecular flexibility index (Phi) is 6.65. The second-order valence-corrected chi connectivity index (χ2v) is 9.49. The van der Waals surface area contributed by atoms with Crippen LogP contribution < -0.4 is 10.6 Å². The lowest BCUT2D eigenvalue weighted by molar-refractivity contribution is -0.137. The second kappa shape index (κ2) is 9.85. The third-order valence-electron chi connectivity index (χ3n) is 7.08. The molecule has 1 unspecified atom stereocenters. The number of anilines is 3. The van der Waals surface area contributed by atoms with Crippen LogP contribution in [0, 0.1) is 5.92 Å². The minimum absolute atomic E-state index is 0.422. The van der Waals surface area contributed by atoms with E-state index in [1.807, 2.05) is 18.2 Å². The monoisotopic (exact) mass is 482 g/mol. The zero-order chi connectivity index (χ0) is 24.4. The van der Waals surface area contributed by atoms with Crippen molar-refractivity contribution < 1.29 is 18.3 Å². The lowest BCUT2D eigenvalue weighted by Crippen LogP contribution is -2.18. The van der Waals surface area contributed by atoms with Crippen molar-refractivity contribution >= 4 is 17.2 Å². The molecule has 0 spiro atoms. The van der Waals surface area contributed by atoms with Gasteiger partial charge in [0.05, 0.1) is 17.4 Å². The molecule has 1 saturated carbocycles. The molecule has 2 aliphatic carbocycles. The van der Waals surface area contributed by atoms with Gasteiger partial charge in [-0.25, -0.2) is 9.97 Å². The van der Waals surface area contributed by atoms with Crippen molar-refractivity contribution in [3.8, 4) is 11.3 Å². The van der Waals surface area contributed by atoms with Crippen molar-refractivity contribution in [2.24, 2.45) is 5.92 Å². The third-order valence-corrected chi connectivity index (χ3v) is 7.08. The number of benzene rings is 2. The highest BCUT2D eigenvalue weighted by atomic mass is 19.4. The number of hydrogen-bond donors (Lipinski definition) is 3. The molecule has 0 bridgehead atoms. The maximum absolute atomic E-state index is 13.5. The molecule has 35 heavy (non-hydrogen) atoms. The van der Waals surface area contributed by atoms with Gasteiger partial charge in [-0.15, -0.1) is 0 Å². The fraction of sp³-hybridized carbons (Fsp3) is 0.407. The van der Waals surface area contributed by atoms with Gasteiger partial charge in [0.15, 0.2) is 0 Å². The first kappa shape index (κ1) is 23.6. The van der Waals surface area contributed by atoms with E-state index in [4.69, 9.17) is 0 Å². The van der Waals surface area contributed by atoms with E-state index >= 15 is 0 Å². The first-order chi connectivity index (χ1) is 16.9. The number of aryl methyl sites for hydroxylation is 1. The first-order valence-corrected chi connectivity index (χ1v) is 12.2. The number of nitrogens with zero attached hydrogens (tertiary/aromatic N) is 2. The number of aliphatic hydroxyl groups excluding tert-OH is 1. The van der Waals surface area contributed by atoms with Gasteiger partial charge in [-0.05, 0) is 55.4 Å². The van der Waals surface area contributed by atoms with E-state index < -0.39 is 17.8 Å². The van der Waals surface area contributed by atoms with Gasteiger partial charge in [0.1, 0.15) is 12.1 Å². The fourth-order valence-electron chi connectivity index (χ4n) is 5.22. The Hall–Kier alpha value is -3.13. The van der Waals surface area contributed by atoms with E-state index in [9.17, 15) is 18.3 Å². The minimum Gasteiger partial charge on any atom is -0.388 e. The molecular weight excluding hydrogens is 453 g/mol. The highest BCUT2D eigenvalue weighted by Crippen LogP contribution is 2.39. The maximum atomic E-state index is 13.5. The molecule has 5 nitrogen and oxygen atoms in total. The molecule has 8 heteroatoms. The Labute approximate surface area is 202 Å². The molecule has 0 aliphatic heterocycles. The molecular formula is C27H29F3N4O. The largest absolute Gasteiger partial charge is 0.416 e. The average Bonchev–Trinajstić information content (AvgIpc) is 3.24.